The lowest BCUT2D eigenvalue weighted by Crippen LogP contribution is -2.16. The van der Waals surface area contributed by atoms with Crippen LogP contribution in [0, 0.1) is 11.3 Å². The van der Waals surface area contributed by atoms with Crippen LogP contribution in [0.5, 0.6) is 0 Å². The van der Waals surface area contributed by atoms with Crippen molar-refractivity contribution in [1.29, 1.82) is 5.26 Å². The van der Waals surface area contributed by atoms with E-state index in [0.717, 1.165) is 22.2 Å². The molecule has 4 nitrogen and oxygen atoms in total. The first kappa shape index (κ1) is 14.5. The number of benzene rings is 1. The minimum atomic E-state index is 0.0329. The van der Waals surface area contributed by atoms with Gasteiger partial charge < -0.3 is 4.90 Å². The molecule has 0 saturated carbocycles. The molecule has 1 heterocycles. The van der Waals surface area contributed by atoms with Crippen molar-refractivity contribution in [3.8, 4) is 6.07 Å². The predicted molar refractivity (Wildman–Crippen MR) is 81.9 cm³/mol. The van der Waals surface area contributed by atoms with Crippen molar-refractivity contribution in [3.63, 3.8) is 0 Å². The maximum Gasteiger partial charge on any atom is 0.208 e. The van der Waals surface area contributed by atoms with Crippen LogP contribution in [0.25, 0.3) is 0 Å². The second-order valence-corrected chi connectivity index (χ2v) is 6.76. The van der Waals surface area contributed by atoms with Crippen LogP contribution in [-0.2, 0) is 12.0 Å². The largest absolute Gasteiger partial charge is 0.345 e. The zero-order chi connectivity index (χ0) is 14.8. The fourth-order valence-corrected chi connectivity index (χ4v) is 2.56. The zero-order valence-electron chi connectivity index (χ0n) is 12.2. The normalized spacial score (nSPS) is 11.2. The van der Waals surface area contributed by atoms with E-state index in [-0.39, 0.29) is 5.41 Å². The minimum absolute atomic E-state index is 0.0329. The first-order valence-corrected chi connectivity index (χ1v) is 7.26. The summed E-state index contributed by atoms with van der Waals surface area (Å²) in [5.41, 5.74) is 1.87. The second kappa shape index (κ2) is 5.59. The number of aromatic nitrogens is 2. The van der Waals surface area contributed by atoms with Crippen LogP contribution < -0.4 is 4.90 Å². The van der Waals surface area contributed by atoms with Gasteiger partial charge in [0.15, 0.2) is 0 Å². The molecule has 1 aromatic heterocycles. The highest BCUT2D eigenvalue weighted by molar-refractivity contribution is 7.15. The molecule has 0 amide bonds. The molecular weight excluding hydrogens is 268 g/mol. The topological polar surface area (TPSA) is 52.8 Å². The molecule has 0 aliphatic carbocycles. The van der Waals surface area contributed by atoms with E-state index < -0.39 is 0 Å². The van der Waals surface area contributed by atoms with E-state index in [1.807, 2.05) is 31.3 Å². The highest BCUT2D eigenvalue weighted by Crippen LogP contribution is 2.29. The predicted octanol–water partition coefficient (Wildman–Crippen LogP) is 3.34. The molecule has 1 aromatic carbocycles. The Morgan fingerprint density at radius 2 is 1.85 bits per heavy atom. The Morgan fingerprint density at radius 3 is 2.35 bits per heavy atom. The van der Waals surface area contributed by atoms with Gasteiger partial charge in [0.2, 0.25) is 5.13 Å². The molecule has 5 heteroatoms. The molecule has 2 aromatic rings. The maximum absolute atomic E-state index is 8.79. The molecule has 0 atom stereocenters. The van der Waals surface area contributed by atoms with Gasteiger partial charge in [-0.2, -0.15) is 5.26 Å². The number of nitrogens with zero attached hydrogens (tertiary/aromatic N) is 4. The third kappa shape index (κ3) is 3.34. The Morgan fingerprint density at radius 1 is 1.20 bits per heavy atom. The lowest BCUT2D eigenvalue weighted by Gasteiger charge is -2.16. The van der Waals surface area contributed by atoms with Crippen molar-refractivity contribution in [2.75, 3.05) is 11.9 Å². The Labute approximate surface area is 123 Å². The summed E-state index contributed by atoms with van der Waals surface area (Å²) in [6.07, 6.45) is 0. The fourth-order valence-electron chi connectivity index (χ4n) is 1.70. The van der Waals surface area contributed by atoms with Crippen LogP contribution in [0.2, 0.25) is 0 Å². The van der Waals surface area contributed by atoms with Crippen molar-refractivity contribution < 1.29 is 0 Å². The van der Waals surface area contributed by atoms with Crippen LogP contribution in [0.15, 0.2) is 24.3 Å². The first-order chi connectivity index (χ1) is 9.40. The van der Waals surface area contributed by atoms with Gasteiger partial charge in [0.1, 0.15) is 5.01 Å². The molecule has 0 unspecified atom stereocenters. The van der Waals surface area contributed by atoms with E-state index in [0.29, 0.717) is 5.56 Å². The third-order valence-corrected chi connectivity index (χ3v) is 4.35. The molecule has 0 N–H and O–H groups in total. The molecule has 20 heavy (non-hydrogen) atoms. The molecule has 0 radical (unpaired) electrons. The van der Waals surface area contributed by atoms with Gasteiger partial charge in [-0.15, -0.1) is 10.2 Å². The standard InChI is InChI=1S/C15H18N4S/c1-15(2,3)13-17-18-14(20-13)19(4)10-12-7-5-11(9-16)6-8-12/h5-8H,10H2,1-4H3. The summed E-state index contributed by atoms with van der Waals surface area (Å²) < 4.78 is 0. The molecule has 0 saturated heterocycles. The highest BCUT2D eigenvalue weighted by Gasteiger charge is 2.20. The van der Waals surface area contributed by atoms with Gasteiger partial charge in [-0.1, -0.05) is 44.2 Å². The molecule has 104 valence electrons. The fraction of sp³-hybridized carbons (Fsp3) is 0.400. The summed E-state index contributed by atoms with van der Waals surface area (Å²) in [5, 5.41) is 19.3. The smallest absolute Gasteiger partial charge is 0.208 e. The molecule has 0 spiro atoms. The SMILES string of the molecule is CN(Cc1ccc(C#N)cc1)c1nnc(C(C)(C)C)s1. The molecule has 0 fully saturated rings. The van der Waals surface area contributed by atoms with Crippen molar-refractivity contribution >= 4 is 16.5 Å². The van der Waals surface area contributed by atoms with Crippen LogP contribution >= 0.6 is 11.3 Å². The second-order valence-electron chi connectivity index (χ2n) is 5.80. The molecule has 0 aliphatic rings. The van der Waals surface area contributed by atoms with Gasteiger partial charge in [0.25, 0.3) is 0 Å². The quantitative estimate of drug-likeness (QED) is 0.868. The number of nitriles is 1. The van der Waals surface area contributed by atoms with Crippen LogP contribution in [0.4, 0.5) is 5.13 Å². The first-order valence-electron chi connectivity index (χ1n) is 6.44. The summed E-state index contributed by atoms with van der Waals surface area (Å²) in [6, 6.07) is 9.75. The number of hydrogen-bond acceptors (Lipinski definition) is 5. The monoisotopic (exact) mass is 286 g/mol. The number of rotatable bonds is 3. The Hall–Kier alpha value is -1.93. The summed E-state index contributed by atoms with van der Waals surface area (Å²) in [6.45, 7) is 7.16. The van der Waals surface area contributed by atoms with Crippen LogP contribution in [0.3, 0.4) is 0 Å². The van der Waals surface area contributed by atoms with E-state index in [1.54, 1.807) is 11.3 Å². The van der Waals surface area contributed by atoms with Crippen molar-refractivity contribution in [2.45, 2.75) is 32.7 Å². The van der Waals surface area contributed by atoms with E-state index in [2.05, 4.69) is 41.9 Å². The van der Waals surface area contributed by atoms with Gasteiger partial charge in [0, 0.05) is 19.0 Å². The molecule has 2 rings (SSSR count). The van der Waals surface area contributed by atoms with Crippen molar-refractivity contribution in [3.05, 3.63) is 40.4 Å². The summed E-state index contributed by atoms with van der Waals surface area (Å²) in [5.74, 6) is 0. The van der Waals surface area contributed by atoms with E-state index in [9.17, 15) is 0 Å². The van der Waals surface area contributed by atoms with E-state index in [1.165, 1.54) is 0 Å². The summed E-state index contributed by atoms with van der Waals surface area (Å²) in [7, 11) is 2.01. The minimum Gasteiger partial charge on any atom is -0.345 e. The zero-order valence-corrected chi connectivity index (χ0v) is 13.0. The van der Waals surface area contributed by atoms with Crippen LogP contribution in [0.1, 0.15) is 36.9 Å². The van der Waals surface area contributed by atoms with Gasteiger partial charge in [-0.3, -0.25) is 0 Å². The third-order valence-electron chi connectivity index (χ3n) is 2.89. The lowest BCUT2D eigenvalue weighted by atomic mass is 9.98. The molecular formula is C15H18N4S. The summed E-state index contributed by atoms with van der Waals surface area (Å²) in [4.78, 5) is 2.08. The number of hydrogen-bond donors (Lipinski definition) is 0. The molecule has 0 aliphatic heterocycles. The van der Waals surface area contributed by atoms with Gasteiger partial charge in [0.05, 0.1) is 11.6 Å². The Balaban J connectivity index is 2.09. The highest BCUT2D eigenvalue weighted by atomic mass is 32.1. The Kier molecular flexibility index (Phi) is 4.05. The number of anilines is 1. The van der Waals surface area contributed by atoms with E-state index in [4.69, 9.17) is 5.26 Å². The lowest BCUT2D eigenvalue weighted by molar-refractivity contribution is 0.578. The molecule has 0 bridgehead atoms. The van der Waals surface area contributed by atoms with Gasteiger partial charge in [-0.25, -0.2) is 0 Å². The van der Waals surface area contributed by atoms with Crippen LogP contribution in [-0.4, -0.2) is 17.2 Å². The summed E-state index contributed by atoms with van der Waals surface area (Å²) >= 11 is 1.63. The van der Waals surface area contributed by atoms with Crippen molar-refractivity contribution in [2.24, 2.45) is 0 Å². The maximum atomic E-state index is 8.79. The van der Waals surface area contributed by atoms with Gasteiger partial charge >= 0.3 is 0 Å². The van der Waals surface area contributed by atoms with E-state index >= 15 is 0 Å². The van der Waals surface area contributed by atoms with Gasteiger partial charge in [-0.05, 0) is 17.7 Å². The average molecular weight is 286 g/mol. The van der Waals surface area contributed by atoms with Crippen molar-refractivity contribution in [1.82, 2.24) is 10.2 Å². The average Bonchev–Trinajstić information content (AvgIpc) is 2.89. The Bertz CT molecular complexity index is 617.